The molecule has 0 aliphatic heterocycles. The van der Waals surface area contributed by atoms with E-state index in [1.807, 2.05) is 39.0 Å². The number of carbonyl (C=O) groups is 1. The predicted octanol–water partition coefficient (Wildman–Crippen LogP) is 4.51. The molecule has 3 aromatic carbocycles. The van der Waals surface area contributed by atoms with Crippen LogP contribution < -0.4 is 9.46 Å². The van der Waals surface area contributed by atoms with Crippen molar-refractivity contribution in [1.82, 2.24) is 4.72 Å². The van der Waals surface area contributed by atoms with E-state index in [0.717, 1.165) is 11.1 Å². The third-order valence-electron chi connectivity index (χ3n) is 5.48. The number of benzene rings is 3. The van der Waals surface area contributed by atoms with Crippen molar-refractivity contribution in [2.45, 2.75) is 37.1 Å². The molecule has 0 bridgehead atoms. The molecule has 0 heterocycles. The summed E-state index contributed by atoms with van der Waals surface area (Å²) >= 11 is 0. The average molecular weight is 438 g/mol. The maximum atomic E-state index is 13.5. The van der Waals surface area contributed by atoms with Crippen LogP contribution in [0.1, 0.15) is 35.3 Å². The van der Waals surface area contributed by atoms with E-state index in [-0.39, 0.29) is 10.7 Å². The summed E-state index contributed by atoms with van der Waals surface area (Å²) in [7, 11) is -2.35. The van der Waals surface area contributed by atoms with Crippen LogP contribution in [0, 0.1) is 6.92 Å². The Bertz CT molecular complexity index is 1140. The normalized spacial score (nSPS) is 12.9. The van der Waals surface area contributed by atoms with Crippen LogP contribution in [0.5, 0.6) is 5.75 Å². The van der Waals surface area contributed by atoms with E-state index in [4.69, 9.17) is 4.74 Å². The largest absolute Gasteiger partial charge is 0.497 e. The lowest BCUT2D eigenvalue weighted by Gasteiger charge is -2.34. The quantitative estimate of drug-likeness (QED) is 0.526. The molecule has 1 atom stereocenters. The van der Waals surface area contributed by atoms with Gasteiger partial charge < -0.3 is 4.74 Å². The Kier molecular flexibility index (Phi) is 6.62. The molecule has 0 radical (unpaired) electrons. The van der Waals surface area contributed by atoms with Crippen LogP contribution in [0.25, 0.3) is 0 Å². The van der Waals surface area contributed by atoms with E-state index < -0.39 is 21.5 Å². The van der Waals surface area contributed by atoms with E-state index in [0.29, 0.717) is 11.3 Å². The van der Waals surface area contributed by atoms with Crippen LogP contribution in [0.15, 0.2) is 83.8 Å². The van der Waals surface area contributed by atoms with Gasteiger partial charge in [0, 0.05) is 11.0 Å². The van der Waals surface area contributed by atoms with E-state index in [2.05, 4.69) is 4.72 Å². The van der Waals surface area contributed by atoms with Crippen molar-refractivity contribution < 1.29 is 17.9 Å². The number of hydrogen-bond donors (Lipinski definition) is 1. The van der Waals surface area contributed by atoms with Crippen LogP contribution in [-0.2, 0) is 15.4 Å². The monoisotopic (exact) mass is 437 g/mol. The van der Waals surface area contributed by atoms with E-state index in [1.54, 1.807) is 67.8 Å². The molecular weight excluding hydrogens is 410 g/mol. The second-order valence-electron chi connectivity index (χ2n) is 8.05. The summed E-state index contributed by atoms with van der Waals surface area (Å²) in [6, 6.07) is 21.6. The van der Waals surface area contributed by atoms with Gasteiger partial charge in [-0.05, 0) is 36.8 Å². The van der Waals surface area contributed by atoms with Gasteiger partial charge in [0.05, 0.1) is 18.0 Å². The zero-order valence-electron chi connectivity index (χ0n) is 18.1. The first-order valence-electron chi connectivity index (χ1n) is 9.98. The fraction of sp³-hybridized carbons (Fsp3) is 0.240. The highest BCUT2D eigenvalue weighted by molar-refractivity contribution is 7.89. The molecule has 0 aliphatic rings. The van der Waals surface area contributed by atoms with Gasteiger partial charge in [-0.25, -0.2) is 8.42 Å². The van der Waals surface area contributed by atoms with Crippen molar-refractivity contribution in [3.63, 3.8) is 0 Å². The Morgan fingerprint density at radius 2 is 1.48 bits per heavy atom. The van der Waals surface area contributed by atoms with E-state index in [9.17, 15) is 13.2 Å². The fourth-order valence-corrected chi connectivity index (χ4v) is 4.77. The zero-order valence-corrected chi connectivity index (χ0v) is 18.9. The summed E-state index contributed by atoms with van der Waals surface area (Å²) in [6.45, 7) is 5.61. The molecule has 0 spiro atoms. The highest BCUT2D eigenvalue weighted by Gasteiger charge is 2.40. The average Bonchev–Trinajstić information content (AvgIpc) is 2.78. The molecule has 0 saturated heterocycles. The van der Waals surface area contributed by atoms with E-state index in [1.165, 1.54) is 0 Å². The second-order valence-corrected chi connectivity index (χ2v) is 9.76. The van der Waals surface area contributed by atoms with Crippen molar-refractivity contribution in [2.75, 3.05) is 7.11 Å². The minimum Gasteiger partial charge on any atom is -0.497 e. The Labute approximate surface area is 184 Å². The van der Waals surface area contributed by atoms with Crippen LogP contribution in [0.3, 0.4) is 0 Å². The van der Waals surface area contributed by atoms with Gasteiger partial charge in [0.15, 0.2) is 5.78 Å². The van der Waals surface area contributed by atoms with Crippen LogP contribution in [-0.4, -0.2) is 27.4 Å². The number of sulfonamides is 1. The predicted molar refractivity (Wildman–Crippen MR) is 122 cm³/mol. The lowest BCUT2D eigenvalue weighted by Crippen LogP contribution is -2.52. The summed E-state index contributed by atoms with van der Waals surface area (Å²) < 4.78 is 34.3. The summed E-state index contributed by atoms with van der Waals surface area (Å²) in [4.78, 5) is 13.6. The molecule has 1 N–H and O–H groups in total. The Hall–Kier alpha value is -2.96. The Balaban J connectivity index is 2.05. The fourth-order valence-electron chi connectivity index (χ4n) is 3.43. The molecule has 0 aromatic heterocycles. The van der Waals surface area contributed by atoms with Crippen LogP contribution in [0.2, 0.25) is 0 Å². The number of rotatable bonds is 8. The molecular formula is C25H27NO4S. The number of Topliss-reactive ketones (excluding diaryl/α,β-unsaturated/α-hetero) is 1. The SMILES string of the molecule is COc1ccc(C(C)(C)[C@H](NS(=O)(=O)c2ccc(C)cc2)C(=O)c2ccccc2)cc1. The van der Waals surface area contributed by atoms with Crippen LogP contribution >= 0.6 is 0 Å². The number of hydrogen-bond acceptors (Lipinski definition) is 4. The van der Waals surface area contributed by atoms with Gasteiger partial charge in [0.1, 0.15) is 5.75 Å². The second kappa shape index (κ2) is 9.04. The molecule has 6 heteroatoms. The van der Waals surface area contributed by atoms with Gasteiger partial charge in [0.2, 0.25) is 10.0 Å². The maximum Gasteiger partial charge on any atom is 0.241 e. The van der Waals surface area contributed by atoms with Crippen molar-refractivity contribution in [2.24, 2.45) is 0 Å². The molecule has 5 nitrogen and oxygen atoms in total. The molecule has 0 saturated carbocycles. The molecule has 0 fully saturated rings. The van der Waals surface area contributed by atoms with Gasteiger partial charge >= 0.3 is 0 Å². The molecule has 3 aromatic rings. The molecule has 162 valence electrons. The van der Waals surface area contributed by atoms with Gasteiger partial charge in [-0.2, -0.15) is 4.72 Å². The van der Waals surface area contributed by atoms with Crippen molar-refractivity contribution in [3.05, 3.63) is 95.6 Å². The van der Waals surface area contributed by atoms with E-state index >= 15 is 0 Å². The number of aryl methyl sites for hydroxylation is 1. The highest BCUT2D eigenvalue weighted by Crippen LogP contribution is 2.31. The zero-order chi connectivity index (χ0) is 22.6. The topological polar surface area (TPSA) is 72.5 Å². The summed E-state index contributed by atoms with van der Waals surface area (Å²) in [5, 5.41) is 0. The minimum absolute atomic E-state index is 0.120. The van der Waals surface area contributed by atoms with Gasteiger partial charge in [-0.15, -0.1) is 0 Å². The summed E-state index contributed by atoms with van der Waals surface area (Å²) in [6.07, 6.45) is 0. The number of nitrogens with one attached hydrogen (secondary N) is 1. The number of ether oxygens (including phenoxy) is 1. The lowest BCUT2D eigenvalue weighted by molar-refractivity contribution is 0.0916. The molecule has 31 heavy (non-hydrogen) atoms. The summed E-state index contributed by atoms with van der Waals surface area (Å²) in [5.41, 5.74) is 1.38. The summed E-state index contributed by atoms with van der Waals surface area (Å²) in [5.74, 6) is 0.392. The molecule has 0 amide bonds. The molecule has 3 rings (SSSR count). The minimum atomic E-state index is -3.93. The van der Waals surface area contributed by atoms with Gasteiger partial charge in [0.25, 0.3) is 0 Å². The van der Waals surface area contributed by atoms with Crippen molar-refractivity contribution in [3.8, 4) is 5.75 Å². The smallest absolute Gasteiger partial charge is 0.241 e. The first-order valence-corrected chi connectivity index (χ1v) is 11.5. The standard InChI is InChI=1S/C25H27NO4S/c1-18-10-16-22(17-11-18)31(28,29)26-24(23(27)19-8-6-5-7-9-19)25(2,3)20-12-14-21(30-4)15-13-20/h5-17,24,26H,1-4H3/t24-/m1/s1. The third kappa shape index (κ3) is 5.03. The first-order chi connectivity index (χ1) is 14.6. The Morgan fingerprint density at radius 1 is 0.903 bits per heavy atom. The molecule has 0 aliphatic carbocycles. The van der Waals surface area contributed by atoms with Crippen molar-refractivity contribution in [1.29, 1.82) is 0 Å². The number of carbonyl (C=O) groups excluding carboxylic acids is 1. The third-order valence-corrected chi connectivity index (χ3v) is 6.92. The lowest BCUT2D eigenvalue weighted by atomic mass is 9.75. The van der Waals surface area contributed by atoms with Crippen LogP contribution in [0.4, 0.5) is 0 Å². The molecule has 0 unspecified atom stereocenters. The number of methoxy groups -OCH3 is 1. The number of ketones is 1. The highest BCUT2D eigenvalue weighted by atomic mass is 32.2. The maximum absolute atomic E-state index is 13.5. The van der Waals surface area contributed by atoms with Gasteiger partial charge in [-0.3, -0.25) is 4.79 Å². The first kappa shape index (κ1) is 22.7. The Morgan fingerprint density at radius 3 is 2.03 bits per heavy atom. The van der Waals surface area contributed by atoms with Crippen molar-refractivity contribution >= 4 is 15.8 Å². The van der Waals surface area contributed by atoms with Gasteiger partial charge in [-0.1, -0.05) is 74.0 Å².